The molecule has 2 amide bonds. The van der Waals surface area contributed by atoms with Crippen LogP contribution in [0.3, 0.4) is 0 Å². The maximum Gasteiger partial charge on any atom is 0.286 e. The molecule has 0 saturated carbocycles. The normalized spacial score (nSPS) is 15.2. The lowest BCUT2D eigenvalue weighted by atomic mass is 10.2. The zero-order chi connectivity index (χ0) is 17.6. The lowest BCUT2D eigenvalue weighted by molar-refractivity contribution is -0.117. The highest BCUT2D eigenvalue weighted by molar-refractivity contribution is 8.18. The summed E-state index contributed by atoms with van der Waals surface area (Å²) in [6.45, 7) is 1.82. The van der Waals surface area contributed by atoms with Gasteiger partial charge in [-0.05, 0) is 29.5 Å². The molecule has 2 aromatic carbocycles. The molecule has 6 heteroatoms. The number of para-hydroxylation sites is 1. The minimum absolute atomic E-state index is 0.258. The van der Waals surface area contributed by atoms with Crippen molar-refractivity contribution in [2.75, 3.05) is 0 Å². The summed E-state index contributed by atoms with van der Waals surface area (Å²) < 4.78 is 5.89. The van der Waals surface area contributed by atoms with Crippen LogP contribution in [0.1, 0.15) is 18.1 Å². The Morgan fingerprint density at radius 3 is 2.64 bits per heavy atom. The van der Waals surface area contributed by atoms with Crippen molar-refractivity contribution in [2.45, 2.75) is 13.5 Å². The number of amidine groups is 1. The topological polar surface area (TPSA) is 67.8 Å². The van der Waals surface area contributed by atoms with Gasteiger partial charge in [0.05, 0.1) is 4.91 Å². The lowest BCUT2D eigenvalue weighted by Gasteiger charge is -2.09. The van der Waals surface area contributed by atoms with E-state index in [2.05, 4.69) is 10.3 Å². The van der Waals surface area contributed by atoms with Crippen LogP contribution in [0.15, 0.2) is 64.5 Å². The van der Waals surface area contributed by atoms with E-state index < -0.39 is 0 Å². The van der Waals surface area contributed by atoms with Crippen molar-refractivity contribution in [2.24, 2.45) is 4.99 Å². The number of nitrogens with zero attached hydrogens (tertiary/aromatic N) is 1. The highest BCUT2D eigenvalue weighted by atomic mass is 32.2. The maximum absolute atomic E-state index is 12.0. The number of hydrogen-bond donors (Lipinski definition) is 1. The first-order chi connectivity index (χ1) is 12.1. The van der Waals surface area contributed by atoms with Gasteiger partial charge in [0.2, 0.25) is 5.91 Å². The molecule has 0 bridgehead atoms. The monoisotopic (exact) mass is 352 g/mol. The molecule has 0 unspecified atom stereocenters. The highest BCUT2D eigenvalue weighted by Gasteiger charge is 2.22. The predicted molar refractivity (Wildman–Crippen MR) is 99.0 cm³/mol. The van der Waals surface area contributed by atoms with Crippen LogP contribution in [0, 0.1) is 0 Å². The molecule has 0 aliphatic carbocycles. The van der Waals surface area contributed by atoms with Gasteiger partial charge in [-0.3, -0.25) is 9.59 Å². The summed E-state index contributed by atoms with van der Waals surface area (Å²) >= 11 is 1.14. The number of hydrogen-bond acceptors (Lipinski definition) is 4. The third kappa shape index (κ3) is 4.58. The van der Waals surface area contributed by atoms with E-state index in [4.69, 9.17) is 4.74 Å². The third-order valence-corrected chi connectivity index (χ3v) is 4.25. The van der Waals surface area contributed by atoms with E-state index in [9.17, 15) is 9.59 Å². The molecule has 1 aliphatic rings. The van der Waals surface area contributed by atoms with Crippen LogP contribution in [-0.2, 0) is 16.2 Å². The first-order valence-electron chi connectivity index (χ1n) is 7.68. The van der Waals surface area contributed by atoms with Crippen LogP contribution in [0.2, 0.25) is 0 Å². The van der Waals surface area contributed by atoms with Gasteiger partial charge in [-0.2, -0.15) is 4.99 Å². The van der Waals surface area contributed by atoms with Gasteiger partial charge < -0.3 is 10.1 Å². The number of benzene rings is 2. The highest BCUT2D eigenvalue weighted by Crippen LogP contribution is 2.30. The van der Waals surface area contributed by atoms with Crippen molar-refractivity contribution in [1.82, 2.24) is 5.32 Å². The third-order valence-electron chi connectivity index (χ3n) is 3.35. The summed E-state index contributed by atoms with van der Waals surface area (Å²) in [5.41, 5.74) is 1.85. The number of amides is 2. The van der Waals surface area contributed by atoms with E-state index >= 15 is 0 Å². The predicted octanol–water partition coefficient (Wildman–Crippen LogP) is 3.37. The van der Waals surface area contributed by atoms with Crippen LogP contribution in [0.4, 0.5) is 0 Å². The quantitative estimate of drug-likeness (QED) is 0.857. The van der Waals surface area contributed by atoms with Crippen molar-refractivity contribution < 1.29 is 14.3 Å². The van der Waals surface area contributed by atoms with E-state index in [0.717, 1.165) is 22.9 Å². The van der Waals surface area contributed by atoms with Crippen molar-refractivity contribution >= 4 is 34.8 Å². The van der Waals surface area contributed by atoms with E-state index in [1.165, 1.54) is 6.92 Å². The summed E-state index contributed by atoms with van der Waals surface area (Å²) in [5, 5.41) is 2.83. The summed E-state index contributed by atoms with van der Waals surface area (Å²) in [6, 6.07) is 17.3. The maximum atomic E-state index is 12.0. The lowest BCUT2D eigenvalue weighted by Crippen LogP contribution is -2.23. The molecule has 0 spiro atoms. The summed E-state index contributed by atoms with van der Waals surface area (Å²) in [4.78, 5) is 27.4. The molecular formula is C19H16N2O3S. The van der Waals surface area contributed by atoms with Crippen molar-refractivity contribution in [1.29, 1.82) is 0 Å². The average molecular weight is 352 g/mol. The summed E-state index contributed by atoms with van der Waals surface area (Å²) in [5.74, 6) is 0.0544. The molecule has 3 rings (SSSR count). The Kier molecular flexibility index (Phi) is 5.30. The molecule has 0 fully saturated rings. The van der Waals surface area contributed by atoms with Crippen LogP contribution >= 0.6 is 11.8 Å². The van der Waals surface area contributed by atoms with Gasteiger partial charge in [-0.15, -0.1) is 0 Å². The van der Waals surface area contributed by atoms with Gasteiger partial charge in [-0.1, -0.05) is 48.5 Å². The second-order valence-corrected chi connectivity index (χ2v) is 6.36. The molecule has 0 aromatic heterocycles. The minimum atomic E-state index is -0.369. The van der Waals surface area contributed by atoms with Crippen molar-refractivity contribution in [3.63, 3.8) is 0 Å². The van der Waals surface area contributed by atoms with Gasteiger partial charge in [-0.25, -0.2) is 0 Å². The zero-order valence-corrected chi connectivity index (χ0v) is 14.4. The second-order valence-electron chi connectivity index (χ2n) is 5.33. The number of nitrogens with one attached hydrogen (secondary N) is 1. The largest absolute Gasteiger partial charge is 0.488 e. The minimum Gasteiger partial charge on any atom is -0.488 e. The van der Waals surface area contributed by atoms with Gasteiger partial charge in [0.1, 0.15) is 12.4 Å². The molecule has 5 nitrogen and oxygen atoms in total. The SMILES string of the molecule is CC(=O)NC1=NC(=O)/C(=C/c2ccccc2OCc2ccccc2)S1. The summed E-state index contributed by atoms with van der Waals surface area (Å²) in [6.07, 6.45) is 1.73. The molecule has 1 N–H and O–H groups in total. The zero-order valence-electron chi connectivity index (χ0n) is 13.6. The second kappa shape index (κ2) is 7.81. The van der Waals surface area contributed by atoms with Gasteiger partial charge in [0, 0.05) is 12.5 Å². The fraction of sp³-hybridized carbons (Fsp3) is 0.105. The smallest absolute Gasteiger partial charge is 0.286 e. The Balaban J connectivity index is 1.75. The van der Waals surface area contributed by atoms with Crippen molar-refractivity contribution in [3.8, 4) is 5.75 Å². The Hall–Kier alpha value is -2.86. The molecule has 1 aliphatic heterocycles. The Bertz CT molecular complexity index is 860. The van der Waals surface area contributed by atoms with E-state index in [0.29, 0.717) is 22.4 Å². The van der Waals surface area contributed by atoms with E-state index in [1.807, 2.05) is 54.6 Å². The molecule has 126 valence electrons. The summed E-state index contributed by atoms with van der Waals surface area (Å²) in [7, 11) is 0. The number of thioether (sulfide) groups is 1. The molecule has 1 heterocycles. The van der Waals surface area contributed by atoms with Gasteiger partial charge in [0.25, 0.3) is 5.91 Å². The Morgan fingerprint density at radius 1 is 1.16 bits per heavy atom. The van der Waals surface area contributed by atoms with Crippen LogP contribution < -0.4 is 10.1 Å². The van der Waals surface area contributed by atoms with Gasteiger partial charge in [0.15, 0.2) is 5.17 Å². The van der Waals surface area contributed by atoms with Crippen LogP contribution in [0.5, 0.6) is 5.75 Å². The van der Waals surface area contributed by atoms with E-state index in [1.54, 1.807) is 6.08 Å². The first kappa shape index (κ1) is 17.0. The molecule has 0 radical (unpaired) electrons. The van der Waals surface area contributed by atoms with E-state index in [-0.39, 0.29) is 11.8 Å². The number of carbonyl (C=O) groups is 2. The average Bonchev–Trinajstić information content (AvgIpc) is 2.93. The first-order valence-corrected chi connectivity index (χ1v) is 8.49. The number of carbonyl (C=O) groups excluding carboxylic acids is 2. The Labute approximate surface area is 149 Å². The number of aliphatic imine (C=N–C) groups is 1. The fourth-order valence-electron chi connectivity index (χ4n) is 2.22. The van der Waals surface area contributed by atoms with Crippen LogP contribution in [0.25, 0.3) is 6.08 Å². The van der Waals surface area contributed by atoms with Crippen molar-refractivity contribution in [3.05, 3.63) is 70.6 Å². The molecule has 25 heavy (non-hydrogen) atoms. The molecule has 2 aromatic rings. The standard InChI is InChI=1S/C19H16N2O3S/c1-13(22)20-19-21-18(23)17(25-19)11-15-9-5-6-10-16(15)24-12-14-7-3-2-4-8-14/h2-11H,12H2,1H3,(H,20,21,22,23)/b17-11-. The van der Waals surface area contributed by atoms with Crippen LogP contribution in [-0.4, -0.2) is 17.0 Å². The number of ether oxygens (including phenoxy) is 1. The molecule has 0 saturated heterocycles. The molecular weight excluding hydrogens is 336 g/mol. The molecule has 0 atom stereocenters. The number of rotatable bonds is 4. The van der Waals surface area contributed by atoms with Gasteiger partial charge >= 0.3 is 0 Å². The fourth-order valence-corrected chi connectivity index (χ4v) is 3.07. The Morgan fingerprint density at radius 2 is 1.88 bits per heavy atom.